The van der Waals surface area contributed by atoms with Crippen LogP contribution < -0.4 is 4.43 Å². The standard InChI is InChI=1S/C12H14N2OSe/c15-12-14(9-13-7-3-4-8-13)10-5-1-2-6-11(10)16-12/h1-2,5-6H,3-4,7-9H2. The molecule has 3 nitrogen and oxygen atoms in total. The van der Waals surface area contributed by atoms with Gasteiger partial charge in [0.15, 0.2) is 0 Å². The fourth-order valence-electron chi connectivity index (χ4n) is 2.27. The number of aromatic nitrogens is 1. The van der Waals surface area contributed by atoms with Crippen LogP contribution >= 0.6 is 0 Å². The first-order valence-electron chi connectivity index (χ1n) is 5.65. The molecule has 0 amide bonds. The van der Waals surface area contributed by atoms with Crippen LogP contribution in [0.15, 0.2) is 29.1 Å². The molecule has 1 aliphatic heterocycles. The average molecular weight is 281 g/mol. The summed E-state index contributed by atoms with van der Waals surface area (Å²) < 4.78 is 3.50. The Morgan fingerprint density at radius 1 is 1.19 bits per heavy atom. The molecule has 0 N–H and O–H groups in total. The number of likely N-dealkylation sites (tertiary alicyclic amines) is 1. The Kier molecular flexibility index (Phi) is 2.72. The zero-order valence-corrected chi connectivity index (χ0v) is 10.8. The minimum absolute atomic E-state index is 0.00365. The molecule has 0 bridgehead atoms. The summed E-state index contributed by atoms with van der Waals surface area (Å²) in [5.74, 6) is 0. The summed E-state index contributed by atoms with van der Waals surface area (Å²) in [7, 11) is 0. The van der Waals surface area contributed by atoms with Crippen LogP contribution in [-0.2, 0) is 6.67 Å². The summed E-state index contributed by atoms with van der Waals surface area (Å²) in [5.41, 5.74) is 1.14. The Balaban J connectivity index is 2.01. The fourth-order valence-corrected chi connectivity index (χ4v) is 4.13. The predicted molar refractivity (Wildman–Crippen MR) is 66.0 cm³/mol. The summed E-state index contributed by atoms with van der Waals surface area (Å²) >= 11 is -0.00365. The van der Waals surface area contributed by atoms with E-state index in [0.29, 0.717) is 4.43 Å². The SMILES string of the molecule is O=c1[se]c2ccccc2n1CN1CCCC1. The summed E-state index contributed by atoms with van der Waals surface area (Å²) in [4.78, 5) is 14.3. The summed E-state index contributed by atoms with van der Waals surface area (Å²) in [6.45, 7) is 3.06. The van der Waals surface area contributed by atoms with Gasteiger partial charge in [0.05, 0.1) is 0 Å². The van der Waals surface area contributed by atoms with Crippen LogP contribution in [0.5, 0.6) is 0 Å². The number of para-hydroxylation sites is 1. The molecule has 1 saturated heterocycles. The molecule has 2 heterocycles. The van der Waals surface area contributed by atoms with Gasteiger partial charge in [-0.25, -0.2) is 0 Å². The Hall–Kier alpha value is -0.831. The minimum atomic E-state index is -0.00365. The molecule has 0 atom stereocenters. The molecule has 1 aromatic heterocycles. The van der Waals surface area contributed by atoms with Gasteiger partial charge in [-0.2, -0.15) is 0 Å². The van der Waals surface area contributed by atoms with Crippen molar-refractivity contribution >= 4 is 24.3 Å². The molecule has 0 unspecified atom stereocenters. The number of hydrogen-bond acceptors (Lipinski definition) is 2. The number of benzene rings is 1. The fraction of sp³-hybridized carbons (Fsp3) is 0.417. The molecule has 0 radical (unpaired) electrons. The molecule has 84 valence electrons. The first kappa shape index (κ1) is 10.3. The molecule has 3 rings (SSSR count). The third kappa shape index (κ3) is 1.77. The molecule has 2 aromatic rings. The number of rotatable bonds is 2. The second kappa shape index (κ2) is 4.21. The Labute approximate surface area is 100 Å². The van der Waals surface area contributed by atoms with Gasteiger partial charge >= 0.3 is 99.8 Å². The van der Waals surface area contributed by atoms with Gasteiger partial charge in [0.25, 0.3) is 0 Å². The van der Waals surface area contributed by atoms with Crippen molar-refractivity contribution in [2.45, 2.75) is 19.5 Å². The van der Waals surface area contributed by atoms with Crippen molar-refractivity contribution in [3.63, 3.8) is 0 Å². The van der Waals surface area contributed by atoms with Gasteiger partial charge in [-0.05, 0) is 0 Å². The van der Waals surface area contributed by atoms with Crippen LogP contribution in [-0.4, -0.2) is 37.1 Å². The first-order valence-corrected chi connectivity index (χ1v) is 7.36. The molecule has 16 heavy (non-hydrogen) atoms. The van der Waals surface area contributed by atoms with E-state index in [1.54, 1.807) is 0 Å². The van der Waals surface area contributed by atoms with Crippen LogP contribution in [0.2, 0.25) is 0 Å². The van der Waals surface area contributed by atoms with Crippen molar-refractivity contribution in [3.8, 4) is 0 Å². The van der Waals surface area contributed by atoms with E-state index in [9.17, 15) is 4.79 Å². The topological polar surface area (TPSA) is 25.2 Å². The second-order valence-corrected chi connectivity index (χ2v) is 6.31. The first-order chi connectivity index (χ1) is 7.84. The third-order valence-corrected chi connectivity index (χ3v) is 5.13. The van der Waals surface area contributed by atoms with Gasteiger partial charge in [0.1, 0.15) is 0 Å². The molecule has 0 spiro atoms. The molecule has 4 heteroatoms. The Morgan fingerprint density at radius 2 is 1.94 bits per heavy atom. The van der Waals surface area contributed by atoms with Crippen molar-refractivity contribution in [2.75, 3.05) is 13.1 Å². The van der Waals surface area contributed by atoms with E-state index in [-0.39, 0.29) is 14.5 Å². The zero-order chi connectivity index (χ0) is 11.0. The van der Waals surface area contributed by atoms with E-state index in [4.69, 9.17) is 0 Å². The molecule has 1 fully saturated rings. The van der Waals surface area contributed by atoms with E-state index in [1.807, 2.05) is 16.7 Å². The van der Waals surface area contributed by atoms with E-state index < -0.39 is 0 Å². The van der Waals surface area contributed by atoms with Crippen LogP contribution in [0, 0.1) is 0 Å². The van der Waals surface area contributed by atoms with Gasteiger partial charge in [0.2, 0.25) is 0 Å². The Bertz CT molecular complexity index is 551. The molecule has 1 aliphatic rings. The number of fused-ring (bicyclic) bond motifs is 1. The molecular weight excluding hydrogens is 267 g/mol. The van der Waals surface area contributed by atoms with Crippen LogP contribution in [0.4, 0.5) is 0 Å². The zero-order valence-electron chi connectivity index (χ0n) is 9.06. The van der Waals surface area contributed by atoms with Crippen LogP contribution in [0.1, 0.15) is 12.8 Å². The van der Waals surface area contributed by atoms with Crippen molar-refractivity contribution < 1.29 is 0 Å². The average Bonchev–Trinajstić information content (AvgIpc) is 2.89. The van der Waals surface area contributed by atoms with E-state index in [2.05, 4.69) is 17.0 Å². The maximum atomic E-state index is 11.9. The summed E-state index contributed by atoms with van der Waals surface area (Å²) in [5, 5.41) is 0. The van der Waals surface area contributed by atoms with Gasteiger partial charge in [-0.15, -0.1) is 0 Å². The summed E-state index contributed by atoms with van der Waals surface area (Å²) in [6, 6.07) is 8.19. The van der Waals surface area contributed by atoms with Crippen molar-refractivity contribution in [1.82, 2.24) is 9.47 Å². The number of hydrogen-bond donors (Lipinski definition) is 0. The molecular formula is C12H14N2OSe. The third-order valence-electron chi connectivity index (χ3n) is 3.11. The van der Waals surface area contributed by atoms with Crippen molar-refractivity contribution in [1.29, 1.82) is 0 Å². The normalized spacial score (nSPS) is 17.2. The van der Waals surface area contributed by atoms with Crippen molar-refractivity contribution in [2.24, 2.45) is 0 Å². The quantitative estimate of drug-likeness (QED) is 0.771. The number of nitrogens with zero attached hydrogens (tertiary/aromatic N) is 2. The molecule has 0 saturated carbocycles. The maximum absolute atomic E-state index is 11.9. The monoisotopic (exact) mass is 282 g/mol. The van der Waals surface area contributed by atoms with Crippen molar-refractivity contribution in [3.05, 3.63) is 33.5 Å². The van der Waals surface area contributed by atoms with Gasteiger partial charge in [-0.3, -0.25) is 0 Å². The molecule has 0 aliphatic carbocycles. The van der Waals surface area contributed by atoms with Crippen LogP contribution in [0.3, 0.4) is 0 Å². The summed E-state index contributed by atoms with van der Waals surface area (Å²) in [6.07, 6.45) is 2.55. The van der Waals surface area contributed by atoms with Gasteiger partial charge in [-0.1, -0.05) is 0 Å². The van der Waals surface area contributed by atoms with E-state index in [0.717, 1.165) is 25.3 Å². The Morgan fingerprint density at radius 3 is 2.75 bits per heavy atom. The van der Waals surface area contributed by atoms with E-state index in [1.165, 1.54) is 17.1 Å². The van der Waals surface area contributed by atoms with Crippen LogP contribution in [0.25, 0.3) is 9.78 Å². The molecule has 1 aromatic carbocycles. The van der Waals surface area contributed by atoms with E-state index >= 15 is 0 Å². The predicted octanol–water partition coefficient (Wildman–Crippen LogP) is 1.11. The van der Waals surface area contributed by atoms with Gasteiger partial charge in [0, 0.05) is 0 Å². The second-order valence-electron chi connectivity index (χ2n) is 4.23. The van der Waals surface area contributed by atoms with Gasteiger partial charge < -0.3 is 0 Å².